The van der Waals surface area contributed by atoms with Crippen LogP contribution in [0.5, 0.6) is 0 Å². The summed E-state index contributed by atoms with van der Waals surface area (Å²) in [6, 6.07) is 71.1. The Balaban J connectivity index is 1.13. The summed E-state index contributed by atoms with van der Waals surface area (Å²) in [6.45, 7) is 16.7. The zero-order valence-corrected chi connectivity index (χ0v) is 44.3. The van der Waals surface area contributed by atoms with Gasteiger partial charge in [-0.1, -0.05) is 168 Å². The van der Waals surface area contributed by atoms with Crippen molar-refractivity contribution in [3.05, 3.63) is 262 Å². The lowest BCUT2D eigenvalue weighted by Crippen LogP contribution is -2.15. The third-order valence-corrected chi connectivity index (χ3v) is 15.5. The van der Waals surface area contributed by atoms with Crippen LogP contribution in [-0.4, -0.2) is 0 Å². The molecule has 0 aliphatic carbocycles. The van der Waals surface area contributed by atoms with Crippen LogP contribution >= 0.6 is 0 Å². The quantitative estimate of drug-likeness (QED) is 0.126. The maximum absolute atomic E-state index is 18.1. The lowest BCUT2D eigenvalue weighted by Gasteiger charge is -2.32. The molecule has 4 heteroatoms. The van der Waals surface area contributed by atoms with E-state index >= 15 is 8.78 Å². The van der Waals surface area contributed by atoms with Crippen LogP contribution in [0.25, 0.3) is 76.8 Å². The number of rotatable bonds is 10. The molecule has 0 unspecified atom stereocenters. The van der Waals surface area contributed by atoms with Crippen molar-refractivity contribution in [2.45, 2.75) is 55.4 Å². The molecule has 12 aromatic rings. The molecule has 12 aromatic carbocycles. The third-order valence-electron chi connectivity index (χ3n) is 15.5. The van der Waals surface area contributed by atoms with Gasteiger partial charge in [0.25, 0.3) is 0 Å². The van der Waals surface area contributed by atoms with E-state index in [4.69, 9.17) is 0 Å². The smallest absolute Gasteiger partial charge is 0.148 e. The zero-order valence-electron chi connectivity index (χ0n) is 44.3. The molecule has 0 aliphatic heterocycles. The monoisotopic (exact) mass is 988 g/mol. The maximum atomic E-state index is 18.1. The number of hydrogen-bond acceptors (Lipinski definition) is 2. The van der Waals surface area contributed by atoms with Crippen LogP contribution in [0.15, 0.2) is 206 Å². The first-order valence-corrected chi connectivity index (χ1v) is 26.2. The fraction of sp³-hybridized carbons (Fsp3) is 0.111. The first kappa shape index (κ1) is 48.1. The molecule has 0 atom stereocenters. The van der Waals surface area contributed by atoms with E-state index in [2.05, 4.69) is 223 Å². The van der Waals surface area contributed by atoms with E-state index in [1.54, 1.807) is 12.1 Å². The summed E-state index contributed by atoms with van der Waals surface area (Å²) < 4.78 is 36.3. The molecule has 0 fully saturated rings. The number of halogens is 2. The Hall–Kier alpha value is -8.86. The van der Waals surface area contributed by atoms with Gasteiger partial charge < -0.3 is 9.80 Å². The molecule has 0 bridgehead atoms. The minimum absolute atomic E-state index is 0.324. The lowest BCUT2D eigenvalue weighted by atomic mass is 9.89. The Kier molecular flexibility index (Phi) is 12.1. The number of hydrogen-bond donors (Lipinski definition) is 0. The fourth-order valence-electron chi connectivity index (χ4n) is 11.6. The lowest BCUT2D eigenvalue weighted by molar-refractivity contribution is 0.629. The van der Waals surface area contributed by atoms with Crippen molar-refractivity contribution in [1.29, 1.82) is 0 Å². The highest BCUT2D eigenvalue weighted by atomic mass is 19.1. The second-order valence-corrected chi connectivity index (χ2v) is 20.9. The SMILES string of the molecule is Cc1ccc(C)c(-c2cc(F)c(N(c3ccccc3)c3ccc4ccc5c(N(c6ccccc6)c6c(F)cc(-c7cc(C)ccc7C)cc6-c6cc(C)ccc6C)ccc6ccc3c4c65)c(-c3cc(C)ccc3C)c2)c1. The molecule has 0 radical (unpaired) electrons. The third kappa shape index (κ3) is 8.35. The highest BCUT2D eigenvalue weighted by Crippen LogP contribution is 2.52. The summed E-state index contributed by atoms with van der Waals surface area (Å²) in [5.41, 5.74) is 20.2. The van der Waals surface area contributed by atoms with E-state index in [0.29, 0.717) is 11.4 Å². The second-order valence-electron chi connectivity index (χ2n) is 20.9. The number of para-hydroxylation sites is 2. The molecule has 2 nitrogen and oxygen atoms in total. The van der Waals surface area contributed by atoms with Gasteiger partial charge in [0.15, 0.2) is 0 Å². The van der Waals surface area contributed by atoms with Crippen molar-refractivity contribution in [3.8, 4) is 44.5 Å². The van der Waals surface area contributed by atoms with Gasteiger partial charge in [0, 0.05) is 33.3 Å². The summed E-state index contributed by atoms with van der Waals surface area (Å²) in [5, 5.41) is 6.12. The largest absolute Gasteiger partial charge is 0.307 e. The van der Waals surface area contributed by atoms with Crippen molar-refractivity contribution in [3.63, 3.8) is 0 Å². The first-order chi connectivity index (χ1) is 36.8. The van der Waals surface area contributed by atoms with Gasteiger partial charge in [-0.2, -0.15) is 0 Å². The van der Waals surface area contributed by atoms with Crippen molar-refractivity contribution in [2.75, 3.05) is 9.80 Å². The molecule has 12 rings (SSSR count). The molecule has 370 valence electrons. The van der Waals surface area contributed by atoms with Crippen molar-refractivity contribution >= 4 is 66.4 Å². The molecule has 0 amide bonds. The van der Waals surface area contributed by atoms with Gasteiger partial charge in [-0.25, -0.2) is 8.78 Å². The minimum atomic E-state index is -0.324. The van der Waals surface area contributed by atoms with Gasteiger partial charge in [-0.05, 0) is 193 Å². The van der Waals surface area contributed by atoms with Crippen molar-refractivity contribution in [1.82, 2.24) is 0 Å². The number of aryl methyl sites for hydroxylation is 8. The van der Waals surface area contributed by atoms with Crippen LogP contribution in [0.3, 0.4) is 0 Å². The summed E-state index contributed by atoms with van der Waals surface area (Å²) in [7, 11) is 0. The van der Waals surface area contributed by atoms with E-state index < -0.39 is 0 Å². The van der Waals surface area contributed by atoms with Gasteiger partial charge in [-0.15, -0.1) is 0 Å². The summed E-state index contributed by atoms with van der Waals surface area (Å²) in [6.07, 6.45) is 0. The van der Waals surface area contributed by atoms with Crippen molar-refractivity contribution < 1.29 is 8.78 Å². The van der Waals surface area contributed by atoms with Gasteiger partial charge >= 0.3 is 0 Å². The van der Waals surface area contributed by atoms with Gasteiger partial charge in [0.2, 0.25) is 0 Å². The number of benzene rings is 12. The molecule has 0 heterocycles. The summed E-state index contributed by atoms with van der Waals surface area (Å²) in [5.74, 6) is -0.648. The molecule has 0 aliphatic rings. The summed E-state index contributed by atoms with van der Waals surface area (Å²) >= 11 is 0. The molecule has 0 saturated carbocycles. The zero-order chi connectivity index (χ0) is 52.5. The molecular weight excluding hydrogens is 931 g/mol. The Morgan fingerprint density at radius 1 is 0.289 bits per heavy atom. The normalized spacial score (nSPS) is 11.6. The second kappa shape index (κ2) is 19.1. The first-order valence-electron chi connectivity index (χ1n) is 26.2. The average molecular weight is 989 g/mol. The Morgan fingerprint density at radius 3 is 0.987 bits per heavy atom. The van der Waals surface area contributed by atoms with Crippen LogP contribution in [0.2, 0.25) is 0 Å². The Labute approximate surface area is 445 Å². The maximum Gasteiger partial charge on any atom is 0.148 e. The molecular formula is C72H58F2N2. The van der Waals surface area contributed by atoms with Crippen LogP contribution < -0.4 is 9.80 Å². The van der Waals surface area contributed by atoms with Gasteiger partial charge in [0.1, 0.15) is 11.6 Å². The molecule has 76 heavy (non-hydrogen) atoms. The predicted octanol–water partition coefficient (Wildman–Crippen LogP) is 20.9. The minimum Gasteiger partial charge on any atom is -0.307 e. The molecule has 0 saturated heterocycles. The van der Waals surface area contributed by atoms with E-state index in [9.17, 15) is 0 Å². The molecule has 0 spiro atoms. The standard InChI is InChI=1S/C72H58F2N2/c1-43-19-23-47(5)59(35-43)53-39-63(61-37-45(3)21-25-49(61)7)71(65(73)41-53)75(55-15-11-9-12-16-55)67-33-29-51-28-32-58-68(34-30-52-27-31-57(67)69(51)70(52)58)76(56-17-13-10-14-18-56)72-64(62-38-46(4)22-26-50(62)8)40-54(42-66(72)74)60-36-44(2)20-24-48(60)6/h9-42H,1-8H3. The van der Waals surface area contributed by atoms with Crippen molar-refractivity contribution in [2.24, 2.45) is 0 Å². The van der Waals surface area contributed by atoms with E-state index in [-0.39, 0.29) is 11.6 Å². The van der Waals surface area contributed by atoms with E-state index in [1.165, 1.54) is 0 Å². The highest BCUT2D eigenvalue weighted by Gasteiger charge is 2.29. The van der Waals surface area contributed by atoms with Crippen LogP contribution in [0, 0.1) is 67.0 Å². The Morgan fingerprint density at radius 2 is 0.618 bits per heavy atom. The van der Waals surface area contributed by atoms with E-state index in [1.807, 2.05) is 36.4 Å². The van der Waals surface area contributed by atoms with Crippen LogP contribution in [0.1, 0.15) is 44.5 Å². The predicted molar refractivity (Wildman–Crippen MR) is 319 cm³/mol. The topological polar surface area (TPSA) is 6.48 Å². The van der Waals surface area contributed by atoms with Crippen LogP contribution in [-0.2, 0) is 0 Å². The number of nitrogens with zero attached hydrogens (tertiary/aromatic N) is 2. The molecule has 0 N–H and O–H groups in total. The van der Waals surface area contributed by atoms with E-state index in [0.717, 1.165) is 144 Å². The highest BCUT2D eigenvalue weighted by molar-refractivity contribution is 6.28. The Bertz CT molecular complexity index is 3960. The average Bonchev–Trinajstić information content (AvgIpc) is 3.60. The van der Waals surface area contributed by atoms with Gasteiger partial charge in [0.05, 0.1) is 22.7 Å². The molecule has 0 aromatic heterocycles. The van der Waals surface area contributed by atoms with Gasteiger partial charge in [-0.3, -0.25) is 0 Å². The summed E-state index contributed by atoms with van der Waals surface area (Å²) in [4.78, 5) is 4.23. The fourth-order valence-corrected chi connectivity index (χ4v) is 11.6. The van der Waals surface area contributed by atoms with Crippen LogP contribution in [0.4, 0.5) is 42.9 Å². The number of anilines is 6.